The fourth-order valence-corrected chi connectivity index (χ4v) is 4.24. The van der Waals surface area contributed by atoms with Gasteiger partial charge in [0, 0.05) is 19.1 Å². The monoisotopic (exact) mass is 317 g/mol. The van der Waals surface area contributed by atoms with Gasteiger partial charge in [-0.1, -0.05) is 0 Å². The van der Waals surface area contributed by atoms with Crippen molar-refractivity contribution in [3.8, 4) is 11.5 Å². The number of phenols is 1. The Morgan fingerprint density at radius 1 is 1.26 bits per heavy atom. The average Bonchev–Trinajstić information content (AvgIpc) is 3.29. The van der Waals surface area contributed by atoms with E-state index < -0.39 is 0 Å². The lowest BCUT2D eigenvalue weighted by molar-refractivity contribution is 0.00469. The summed E-state index contributed by atoms with van der Waals surface area (Å²) < 4.78 is 11.6. The van der Waals surface area contributed by atoms with Crippen LogP contribution in [-0.2, 0) is 11.2 Å². The van der Waals surface area contributed by atoms with Crippen molar-refractivity contribution in [1.82, 2.24) is 4.90 Å². The predicted octanol–water partition coefficient (Wildman–Crippen LogP) is 3.28. The van der Waals surface area contributed by atoms with Gasteiger partial charge >= 0.3 is 0 Å². The largest absolute Gasteiger partial charge is 0.504 e. The molecule has 1 N–H and O–H groups in total. The highest BCUT2D eigenvalue weighted by molar-refractivity contribution is 5.48. The SMILES string of the molecule is COc1cc2c(cc1O)CCN(CC1CCC(C3CC3)O1)C2C. The van der Waals surface area contributed by atoms with Crippen molar-refractivity contribution >= 4 is 0 Å². The molecule has 2 heterocycles. The van der Waals surface area contributed by atoms with E-state index in [-0.39, 0.29) is 5.75 Å². The molecule has 3 aliphatic rings. The molecule has 3 unspecified atom stereocenters. The number of ether oxygens (including phenoxy) is 2. The van der Waals surface area contributed by atoms with Crippen LogP contribution in [0.3, 0.4) is 0 Å². The first-order valence-corrected chi connectivity index (χ1v) is 8.95. The highest BCUT2D eigenvalue weighted by Crippen LogP contribution is 2.41. The molecule has 2 aliphatic heterocycles. The van der Waals surface area contributed by atoms with Gasteiger partial charge in [0.25, 0.3) is 0 Å². The Morgan fingerprint density at radius 3 is 2.83 bits per heavy atom. The summed E-state index contributed by atoms with van der Waals surface area (Å²) in [7, 11) is 1.61. The molecule has 4 nitrogen and oxygen atoms in total. The average molecular weight is 317 g/mol. The lowest BCUT2D eigenvalue weighted by atomic mass is 9.92. The maximum atomic E-state index is 9.98. The Kier molecular flexibility index (Phi) is 3.98. The Labute approximate surface area is 138 Å². The first-order chi connectivity index (χ1) is 11.2. The number of hydrogen-bond donors (Lipinski definition) is 1. The van der Waals surface area contributed by atoms with Crippen LogP contribution in [-0.4, -0.2) is 42.4 Å². The van der Waals surface area contributed by atoms with Crippen molar-refractivity contribution in [2.24, 2.45) is 5.92 Å². The zero-order valence-corrected chi connectivity index (χ0v) is 14.1. The van der Waals surface area contributed by atoms with E-state index >= 15 is 0 Å². The summed E-state index contributed by atoms with van der Waals surface area (Å²) in [5, 5.41) is 9.98. The number of hydrogen-bond acceptors (Lipinski definition) is 4. The smallest absolute Gasteiger partial charge is 0.160 e. The number of aromatic hydroxyl groups is 1. The van der Waals surface area contributed by atoms with Crippen LogP contribution in [0.15, 0.2) is 12.1 Å². The molecule has 1 aliphatic carbocycles. The van der Waals surface area contributed by atoms with E-state index in [1.165, 1.54) is 36.8 Å². The molecule has 126 valence electrons. The second-order valence-electron chi connectivity index (χ2n) is 7.36. The number of methoxy groups -OCH3 is 1. The molecule has 1 saturated heterocycles. The highest BCUT2D eigenvalue weighted by Gasteiger charge is 2.38. The maximum absolute atomic E-state index is 9.98. The summed E-state index contributed by atoms with van der Waals surface area (Å²) in [6, 6.07) is 4.22. The number of nitrogens with zero attached hydrogens (tertiary/aromatic N) is 1. The molecule has 0 amide bonds. The van der Waals surface area contributed by atoms with Gasteiger partial charge in [0.05, 0.1) is 19.3 Å². The van der Waals surface area contributed by atoms with Gasteiger partial charge in [0.2, 0.25) is 0 Å². The first-order valence-electron chi connectivity index (χ1n) is 8.95. The van der Waals surface area contributed by atoms with E-state index in [0.29, 0.717) is 24.0 Å². The zero-order valence-electron chi connectivity index (χ0n) is 14.1. The van der Waals surface area contributed by atoms with Crippen LogP contribution in [0.2, 0.25) is 0 Å². The summed E-state index contributed by atoms with van der Waals surface area (Å²) in [4.78, 5) is 2.53. The van der Waals surface area contributed by atoms with Crippen molar-refractivity contribution in [3.05, 3.63) is 23.3 Å². The van der Waals surface area contributed by atoms with Gasteiger partial charge in [-0.15, -0.1) is 0 Å². The van der Waals surface area contributed by atoms with Crippen molar-refractivity contribution in [3.63, 3.8) is 0 Å². The molecule has 1 aromatic rings. The van der Waals surface area contributed by atoms with E-state index in [4.69, 9.17) is 9.47 Å². The summed E-state index contributed by atoms with van der Waals surface area (Å²) in [6.07, 6.45) is 7.10. The fourth-order valence-electron chi connectivity index (χ4n) is 4.24. The lowest BCUT2D eigenvalue weighted by Gasteiger charge is -2.37. The predicted molar refractivity (Wildman–Crippen MR) is 89.0 cm³/mol. The molecule has 4 rings (SSSR count). The number of phenolic OH excluding ortho intramolecular Hbond substituents is 1. The van der Waals surface area contributed by atoms with E-state index in [2.05, 4.69) is 11.8 Å². The van der Waals surface area contributed by atoms with Crippen molar-refractivity contribution in [2.75, 3.05) is 20.2 Å². The zero-order chi connectivity index (χ0) is 16.0. The number of fused-ring (bicyclic) bond motifs is 1. The molecule has 23 heavy (non-hydrogen) atoms. The van der Waals surface area contributed by atoms with Crippen LogP contribution in [0.1, 0.15) is 49.8 Å². The van der Waals surface area contributed by atoms with Crippen LogP contribution in [0.25, 0.3) is 0 Å². The summed E-state index contributed by atoms with van der Waals surface area (Å²) in [6.45, 7) is 4.31. The molecule has 0 bridgehead atoms. The third-order valence-corrected chi connectivity index (χ3v) is 5.83. The Hall–Kier alpha value is -1.26. The summed E-state index contributed by atoms with van der Waals surface area (Å²) >= 11 is 0. The Bertz CT molecular complexity index is 584. The molecule has 3 atom stereocenters. The standard InChI is InChI=1S/C19H27NO3/c1-12-16-10-19(22-2)17(21)9-14(16)7-8-20(12)11-15-5-6-18(23-15)13-3-4-13/h9-10,12-13,15,18,21H,3-8,11H2,1-2H3. The minimum absolute atomic E-state index is 0.248. The van der Waals surface area contributed by atoms with Gasteiger partial charge in [-0.25, -0.2) is 0 Å². The number of benzene rings is 1. The lowest BCUT2D eigenvalue weighted by Crippen LogP contribution is -2.39. The summed E-state index contributed by atoms with van der Waals surface area (Å²) in [5.41, 5.74) is 2.53. The maximum Gasteiger partial charge on any atom is 0.160 e. The van der Waals surface area contributed by atoms with E-state index in [1.807, 2.05) is 12.1 Å². The normalized spacial score (nSPS) is 31.1. The Balaban J connectivity index is 1.45. The van der Waals surface area contributed by atoms with Crippen LogP contribution in [0.4, 0.5) is 0 Å². The molecule has 0 aromatic heterocycles. The highest BCUT2D eigenvalue weighted by atomic mass is 16.5. The molecule has 4 heteroatoms. The first kappa shape index (κ1) is 15.3. The van der Waals surface area contributed by atoms with E-state index in [1.54, 1.807) is 7.11 Å². The molecule has 0 radical (unpaired) electrons. The molecular formula is C19H27NO3. The molecule has 1 aromatic carbocycles. The van der Waals surface area contributed by atoms with Gasteiger partial charge in [-0.2, -0.15) is 0 Å². The van der Waals surface area contributed by atoms with Gasteiger partial charge < -0.3 is 14.6 Å². The third-order valence-electron chi connectivity index (χ3n) is 5.83. The minimum atomic E-state index is 0.248. The van der Waals surface area contributed by atoms with Crippen LogP contribution in [0.5, 0.6) is 11.5 Å². The van der Waals surface area contributed by atoms with E-state index in [0.717, 1.165) is 25.4 Å². The second-order valence-corrected chi connectivity index (χ2v) is 7.36. The molecule has 2 fully saturated rings. The quantitative estimate of drug-likeness (QED) is 0.925. The Morgan fingerprint density at radius 2 is 2.09 bits per heavy atom. The van der Waals surface area contributed by atoms with Crippen LogP contribution in [0, 0.1) is 5.92 Å². The van der Waals surface area contributed by atoms with Crippen LogP contribution < -0.4 is 4.74 Å². The van der Waals surface area contributed by atoms with Crippen molar-refractivity contribution in [2.45, 2.75) is 57.3 Å². The second kappa shape index (κ2) is 5.99. The third kappa shape index (κ3) is 2.94. The van der Waals surface area contributed by atoms with E-state index in [9.17, 15) is 5.11 Å². The fraction of sp³-hybridized carbons (Fsp3) is 0.684. The van der Waals surface area contributed by atoms with Crippen molar-refractivity contribution in [1.29, 1.82) is 0 Å². The van der Waals surface area contributed by atoms with Gasteiger partial charge in [-0.05, 0) is 68.2 Å². The van der Waals surface area contributed by atoms with Crippen molar-refractivity contribution < 1.29 is 14.6 Å². The number of rotatable bonds is 4. The minimum Gasteiger partial charge on any atom is -0.504 e. The summed E-state index contributed by atoms with van der Waals surface area (Å²) in [5.74, 6) is 1.67. The molecule has 1 saturated carbocycles. The van der Waals surface area contributed by atoms with Gasteiger partial charge in [0.15, 0.2) is 11.5 Å². The molecule has 0 spiro atoms. The molecular weight excluding hydrogens is 290 g/mol. The van der Waals surface area contributed by atoms with Gasteiger partial charge in [0.1, 0.15) is 0 Å². The van der Waals surface area contributed by atoms with Crippen LogP contribution >= 0.6 is 0 Å². The van der Waals surface area contributed by atoms with Gasteiger partial charge in [-0.3, -0.25) is 4.90 Å². The topological polar surface area (TPSA) is 41.9 Å².